The van der Waals surface area contributed by atoms with Gasteiger partial charge in [0.25, 0.3) is 5.91 Å². The number of aryl methyl sites for hydroxylation is 1. The van der Waals surface area contributed by atoms with E-state index in [2.05, 4.69) is 5.32 Å². The standard InChI is InChI=1S/C15H15NO3S2/c1-9-7-12(21-13(9)15(18)19)16-14(17)11-5-3-10(4-6-11)8-20-2/h3-7H,8H2,1-2H3,(H,16,17)(H,18,19). The second kappa shape index (κ2) is 6.78. The van der Waals surface area contributed by atoms with Crippen LogP contribution in [0, 0.1) is 6.92 Å². The van der Waals surface area contributed by atoms with Crippen molar-refractivity contribution in [1.82, 2.24) is 0 Å². The fourth-order valence-electron chi connectivity index (χ4n) is 1.86. The smallest absolute Gasteiger partial charge is 0.346 e. The summed E-state index contributed by atoms with van der Waals surface area (Å²) in [5, 5.41) is 12.3. The Morgan fingerprint density at radius 1 is 1.29 bits per heavy atom. The van der Waals surface area contributed by atoms with Gasteiger partial charge < -0.3 is 10.4 Å². The Labute approximate surface area is 131 Å². The van der Waals surface area contributed by atoms with E-state index in [0.717, 1.165) is 17.1 Å². The Hall–Kier alpha value is -1.79. The molecular formula is C15H15NO3S2. The van der Waals surface area contributed by atoms with E-state index in [1.807, 2.05) is 18.4 Å². The maximum atomic E-state index is 12.1. The average molecular weight is 321 g/mol. The molecule has 21 heavy (non-hydrogen) atoms. The first kappa shape index (κ1) is 15.6. The number of anilines is 1. The Morgan fingerprint density at radius 2 is 1.95 bits per heavy atom. The highest BCUT2D eigenvalue weighted by Gasteiger charge is 2.14. The number of carbonyl (C=O) groups excluding carboxylic acids is 1. The van der Waals surface area contributed by atoms with Gasteiger partial charge in [-0.1, -0.05) is 12.1 Å². The van der Waals surface area contributed by atoms with Crippen LogP contribution in [-0.4, -0.2) is 23.2 Å². The molecule has 0 fully saturated rings. The van der Waals surface area contributed by atoms with Gasteiger partial charge in [0.2, 0.25) is 0 Å². The van der Waals surface area contributed by atoms with Gasteiger partial charge in [-0.25, -0.2) is 4.79 Å². The van der Waals surface area contributed by atoms with Gasteiger partial charge in [-0.3, -0.25) is 4.79 Å². The molecule has 1 heterocycles. The zero-order chi connectivity index (χ0) is 15.4. The van der Waals surface area contributed by atoms with Crippen LogP contribution in [0.2, 0.25) is 0 Å². The quantitative estimate of drug-likeness (QED) is 0.877. The van der Waals surface area contributed by atoms with Crippen molar-refractivity contribution in [2.24, 2.45) is 0 Å². The third-order valence-electron chi connectivity index (χ3n) is 2.88. The van der Waals surface area contributed by atoms with Gasteiger partial charge in [0.05, 0.1) is 5.00 Å². The van der Waals surface area contributed by atoms with Crippen molar-refractivity contribution in [3.63, 3.8) is 0 Å². The van der Waals surface area contributed by atoms with Gasteiger partial charge in [-0.2, -0.15) is 11.8 Å². The van der Waals surface area contributed by atoms with Gasteiger partial charge in [-0.15, -0.1) is 11.3 Å². The average Bonchev–Trinajstić information content (AvgIpc) is 2.81. The highest BCUT2D eigenvalue weighted by Crippen LogP contribution is 2.27. The molecule has 4 nitrogen and oxygen atoms in total. The van der Waals surface area contributed by atoms with Crippen LogP contribution in [0.3, 0.4) is 0 Å². The molecule has 0 aliphatic carbocycles. The lowest BCUT2D eigenvalue weighted by atomic mass is 10.1. The number of carboxylic acid groups (broad SMARTS) is 1. The van der Waals surface area contributed by atoms with Crippen LogP contribution < -0.4 is 5.32 Å². The number of rotatable bonds is 5. The molecule has 110 valence electrons. The summed E-state index contributed by atoms with van der Waals surface area (Å²) < 4.78 is 0. The van der Waals surface area contributed by atoms with Crippen LogP contribution in [0.4, 0.5) is 5.00 Å². The molecule has 1 aromatic heterocycles. The molecular weight excluding hydrogens is 306 g/mol. The van der Waals surface area contributed by atoms with E-state index in [0.29, 0.717) is 16.1 Å². The van der Waals surface area contributed by atoms with E-state index in [-0.39, 0.29) is 10.8 Å². The summed E-state index contributed by atoms with van der Waals surface area (Å²) >= 11 is 2.79. The lowest BCUT2D eigenvalue weighted by Crippen LogP contribution is -2.10. The van der Waals surface area contributed by atoms with Gasteiger partial charge >= 0.3 is 5.97 Å². The molecule has 6 heteroatoms. The van der Waals surface area contributed by atoms with Gasteiger partial charge in [0.15, 0.2) is 0 Å². The first-order valence-electron chi connectivity index (χ1n) is 6.24. The molecule has 1 aromatic carbocycles. The van der Waals surface area contributed by atoms with Crippen molar-refractivity contribution in [2.45, 2.75) is 12.7 Å². The SMILES string of the molecule is CSCc1ccc(C(=O)Nc2cc(C)c(C(=O)O)s2)cc1. The van der Waals surface area contributed by atoms with Crippen LogP contribution in [0.1, 0.15) is 31.2 Å². The largest absolute Gasteiger partial charge is 0.477 e. The summed E-state index contributed by atoms with van der Waals surface area (Å²) in [7, 11) is 0. The van der Waals surface area contributed by atoms with Gasteiger partial charge in [0, 0.05) is 11.3 Å². The normalized spacial score (nSPS) is 10.4. The van der Waals surface area contributed by atoms with Gasteiger partial charge in [-0.05, 0) is 42.5 Å². The summed E-state index contributed by atoms with van der Waals surface area (Å²) in [6, 6.07) is 9.08. The van der Waals surface area contributed by atoms with E-state index in [9.17, 15) is 9.59 Å². The minimum Gasteiger partial charge on any atom is -0.477 e. The topological polar surface area (TPSA) is 66.4 Å². The minimum absolute atomic E-state index is 0.233. The maximum absolute atomic E-state index is 12.1. The number of carboxylic acids is 1. The van der Waals surface area contributed by atoms with Crippen LogP contribution in [0.15, 0.2) is 30.3 Å². The number of hydrogen-bond acceptors (Lipinski definition) is 4. The Balaban J connectivity index is 2.10. The van der Waals surface area contributed by atoms with Crippen LogP contribution in [-0.2, 0) is 5.75 Å². The summed E-state index contributed by atoms with van der Waals surface area (Å²) in [6.45, 7) is 1.72. The first-order chi connectivity index (χ1) is 10.0. The third-order valence-corrected chi connectivity index (χ3v) is 4.64. The molecule has 0 saturated heterocycles. The molecule has 2 aromatic rings. The number of nitrogens with one attached hydrogen (secondary N) is 1. The molecule has 0 aliphatic heterocycles. The summed E-state index contributed by atoms with van der Waals surface area (Å²) in [6.07, 6.45) is 2.03. The van der Waals surface area contributed by atoms with Crippen molar-refractivity contribution in [1.29, 1.82) is 0 Å². The maximum Gasteiger partial charge on any atom is 0.346 e. The number of thioether (sulfide) groups is 1. The summed E-state index contributed by atoms with van der Waals surface area (Å²) in [5.41, 5.74) is 2.38. The third kappa shape index (κ3) is 3.86. The summed E-state index contributed by atoms with van der Waals surface area (Å²) in [4.78, 5) is 23.4. The zero-order valence-electron chi connectivity index (χ0n) is 11.7. The lowest BCUT2D eigenvalue weighted by Gasteiger charge is -2.04. The molecule has 0 aliphatic rings. The zero-order valence-corrected chi connectivity index (χ0v) is 13.3. The van der Waals surface area contributed by atoms with Crippen LogP contribution in [0.5, 0.6) is 0 Å². The van der Waals surface area contributed by atoms with Crippen molar-refractivity contribution >= 4 is 40.0 Å². The highest BCUT2D eigenvalue weighted by molar-refractivity contribution is 7.97. The van der Waals surface area contributed by atoms with E-state index < -0.39 is 5.97 Å². The molecule has 0 atom stereocenters. The van der Waals surface area contributed by atoms with Crippen LogP contribution >= 0.6 is 23.1 Å². The number of carbonyl (C=O) groups is 2. The van der Waals surface area contributed by atoms with E-state index in [1.165, 1.54) is 5.56 Å². The molecule has 0 unspecified atom stereocenters. The molecule has 0 radical (unpaired) electrons. The minimum atomic E-state index is -0.973. The monoisotopic (exact) mass is 321 g/mol. The number of hydrogen-bond donors (Lipinski definition) is 2. The van der Waals surface area contributed by atoms with Crippen molar-refractivity contribution in [2.75, 3.05) is 11.6 Å². The van der Waals surface area contributed by atoms with Crippen LogP contribution in [0.25, 0.3) is 0 Å². The number of thiophene rings is 1. The lowest BCUT2D eigenvalue weighted by molar-refractivity contribution is 0.0701. The number of benzene rings is 1. The molecule has 2 N–H and O–H groups in total. The Kier molecular flexibility index (Phi) is 5.03. The van der Waals surface area contributed by atoms with E-state index in [1.54, 1.807) is 36.9 Å². The first-order valence-corrected chi connectivity index (χ1v) is 8.45. The Morgan fingerprint density at radius 3 is 2.48 bits per heavy atom. The summed E-state index contributed by atoms with van der Waals surface area (Å²) in [5.74, 6) is -0.295. The Bertz CT molecular complexity index is 662. The fourth-order valence-corrected chi connectivity index (χ4v) is 3.29. The molecule has 0 bridgehead atoms. The molecule has 2 rings (SSSR count). The van der Waals surface area contributed by atoms with E-state index >= 15 is 0 Å². The second-order valence-corrected chi connectivity index (χ2v) is 6.43. The van der Waals surface area contributed by atoms with Crippen molar-refractivity contribution < 1.29 is 14.7 Å². The van der Waals surface area contributed by atoms with Crippen molar-refractivity contribution in [3.8, 4) is 0 Å². The highest BCUT2D eigenvalue weighted by atomic mass is 32.2. The van der Waals surface area contributed by atoms with E-state index in [4.69, 9.17) is 5.11 Å². The molecule has 0 spiro atoms. The second-order valence-electron chi connectivity index (χ2n) is 4.51. The van der Waals surface area contributed by atoms with Crippen molar-refractivity contribution in [3.05, 3.63) is 51.9 Å². The fraction of sp³-hybridized carbons (Fsp3) is 0.200. The predicted octanol–water partition coefficient (Wildman–Crippen LogP) is 3.87. The molecule has 0 saturated carbocycles. The number of aromatic carboxylic acids is 1. The molecule has 1 amide bonds. The number of amides is 1. The van der Waals surface area contributed by atoms with Gasteiger partial charge in [0.1, 0.15) is 4.88 Å². The predicted molar refractivity (Wildman–Crippen MR) is 87.6 cm³/mol.